The van der Waals surface area contributed by atoms with Crippen LogP contribution in [0, 0.1) is 0 Å². The van der Waals surface area contributed by atoms with E-state index in [2.05, 4.69) is 14.9 Å². The molecule has 7 heteroatoms. The van der Waals surface area contributed by atoms with Gasteiger partial charge >= 0.3 is 5.97 Å². The first-order chi connectivity index (χ1) is 9.69. The second kappa shape index (κ2) is 7.31. The SMILES string of the molecule is COC(=O)CCCSc1nnc(-c2cccc(Cl)c2)o1. The van der Waals surface area contributed by atoms with Crippen LogP contribution in [0.15, 0.2) is 33.9 Å². The number of carbonyl (C=O) groups excluding carboxylic acids is 1. The third kappa shape index (κ3) is 4.25. The van der Waals surface area contributed by atoms with Crippen molar-refractivity contribution in [1.29, 1.82) is 0 Å². The van der Waals surface area contributed by atoms with Crippen molar-refractivity contribution in [2.45, 2.75) is 18.1 Å². The number of hydrogen-bond acceptors (Lipinski definition) is 6. The molecular weight excluding hydrogens is 300 g/mol. The van der Waals surface area contributed by atoms with Gasteiger partial charge in [0.15, 0.2) is 0 Å². The molecule has 1 aromatic carbocycles. The first kappa shape index (κ1) is 14.9. The molecule has 5 nitrogen and oxygen atoms in total. The fourth-order valence-corrected chi connectivity index (χ4v) is 2.37. The van der Waals surface area contributed by atoms with E-state index in [1.54, 1.807) is 12.1 Å². The Morgan fingerprint density at radius 3 is 3.05 bits per heavy atom. The van der Waals surface area contributed by atoms with Gasteiger partial charge in [-0.2, -0.15) is 0 Å². The van der Waals surface area contributed by atoms with Gasteiger partial charge in [-0.25, -0.2) is 0 Å². The average molecular weight is 313 g/mol. The minimum atomic E-state index is -0.212. The van der Waals surface area contributed by atoms with Gasteiger partial charge in [-0.15, -0.1) is 10.2 Å². The van der Waals surface area contributed by atoms with Crippen LogP contribution in [0.4, 0.5) is 0 Å². The summed E-state index contributed by atoms with van der Waals surface area (Å²) in [4.78, 5) is 10.9. The number of esters is 1. The van der Waals surface area contributed by atoms with Crippen LogP contribution in [-0.4, -0.2) is 29.0 Å². The molecule has 106 valence electrons. The van der Waals surface area contributed by atoms with E-state index in [1.165, 1.54) is 18.9 Å². The van der Waals surface area contributed by atoms with Crippen LogP contribution in [-0.2, 0) is 9.53 Å². The highest BCUT2D eigenvalue weighted by Gasteiger charge is 2.09. The predicted octanol–water partition coefficient (Wildman–Crippen LogP) is 3.44. The molecule has 0 atom stereocenters. The highest BCUT2D eigenvalue weighted by molar-refractivity contribution is 7.99. The topological polar surface area (TPSA) is 65.2 Å². The zero-order chi connectivity index (χ0) is 14.4. The van der Waals surface area contributed by atoms with E-state index in [4.69, 9.17) is 16.0 Å². The Kier molecular flexibility index (Phi) is 5.43. The molecule has 1 aromatic heterocycles. The molecule has 0 saturated heterocycles. The molecule has 0 aliphatic carbocycles. The van der Waals surface area contributed by atoms with Crippen LogP contribution in [0.2, 0.25) is 5.02 Å². The summed E-state index contributed by atoms with van der Waals surface area (Å²) in [5.74, 6) is 0.936. The molecule has 0 aliphatic heterocycles. The Morgan fingerprint density at radius 1 is 1.45 bits per heavy atom. The number of aromatic nitrogens is 2. The summed E-state index contributed by atoms with van der Waals surface area (Å²) in [6, 6.07) is 7.22. The fraction of sp³-hybridized carbons (Fsp3) is 0.308. The van der Waals surface area contributed by atoms with Gasteiger partial charge in [0.05, 0.1) is 7.11 Å². The standard InChI is InChI=1S/C13H13ClN2O3S/c1-18-11(17)6-3-7-20-13-16-15-12(19-13)9-4-2-5-10(14)8-9/h2,4-5,8H,3,6-7H2,1H3. The van der Waals surface area contributed by atoms with Crippen molar-refractivity contribution in [3.8, 4) is 11.5 Å². The summed E-state index contributed by atoms with van der Waals surface area (Å²) in [7, 11) is 1.38. The summed E-state index contributed by atoms with van der Waals surface area (Å²) in [5, 5.41) is 9.01. The molecule has 0 N–H and O–H groups in total. The van der Waals surface area contributed by atoms with Crippen LogP contribution in [0.1, 0.15) is 12.8 Å². The Bertz CT molecular complexity index is 589. The zero-order valence-corrected chi connectivity index (χ0v) is 12.4. The summed E-state index contributed by atoms with van der Waals surface area (Å²) < 4.78 is 10.1. The molecule has 0 fully saturated rings. The molecular formula is C13H13ClN2O3S. The minimum Gasteiger partial charge on any atom is -0.469 e. The Balaban J connectivity index is 1.88. The van der Waals surface area contributed by atoms with Gasteiger partial charge in [-0.1, -0.05) is 29.4 Å². The van der Waals surface area contributed by atoms with Gasteiger partial charge in [0.25, 0.3) is 5.22 Å². The molecule has 20 heavy (non-hydrogen) atoms. The van der Waals surface area contributed by atoms with E-state index in [1.807, 2.05) is 12.1 Å². The molecule has 0 amide bonds. The van der Waals surface area contributed by atoms with Crippen molar-refractivity contribution in [1.82, 2.24) is 10.2 Å². The second-order valence-corrected chi connectivity index (χ2v) is 5.39. The van der Waals surface area contributed by atoms with Crippen LogP contribution >= 0.6 is 23.4 Å². The molecule has 0 unspecified atom stereocenters. The maximum absolute atomic E-state index is 10.9. The maximum atomic E-state index is 10.9. The first-order valence-corrected chi connectivity index (χ1v) is 7.34. The van der Waals surface area contributed by atoms with E-state index in [9.17, 15) is 4.79 Å². The smallest absolute Gasteiger partial charge is 0.305 e. The van der Waals surface area contributed by atoms with Crippen molar-refractivity contribution >= 4 is 29.3 Å². The number of thioether (sulfide) groups is 1. The molecule has 2 rings (SSSR count). The van der Waals surface area contributed by atoms with Crippen molar-refractivity contribution in [2.75, 3.05) is 12.9 Å². The maximum Gasteiger partial charge on any atom is 0.305 e. The Morgan fingerprint density at radius 2 is 2.30 bits per heavy atom. The van der Waals surface area contributed by atoms with Crippen LogP contribution in [0.25, 0.3) is 11.5 Å². The zero-order valence-electron chi connectivity index (χ0n) is 10.8. The molecule has 0 saturated carbocycles. The average Bonchev–Trinajstić information content (AvgIpc) is 2.92. The van der Waals surface area contributed by atoms with E-state index in [0.29, 0.717) is 34.7 Å². The Labute approximate surface area is 125 Å². The van der Waals surface area contributed by atoms with Gasteiger partial charge in [0, 0.05) is 22.8 Å². The van der Waals surface area contributed by atoms with Gasteiger partial charge < -0.3 is 9.15 Å². The van der Waals surface area contributed by atoms with Gasteiger partial charge in [-0.3, -0.25) is 4.79 Å². The molecule has 0 aliphatic rings. The molecule has 0 radical (unpaired) electrons. The fourth-order valence-electron chi connectivity index (χ4n) is 1.48. The van der Waals surface area contributed by atoms with E-state index in [-0.39, 0.29) is 5.97 Å². The molecule has 0 spiro atoms. The number of ether oxygens (including phenoxy) is 1. The van der Waals surface area contributed by atoms with Gasteiger partial charge in [-0.05, 0) is 24.6 Å². The lowest BCUT2D eigenvalue weighted by atomic mass is 10.2. The second-order valence-electron chi connectivity index (χ2n) is 3.91. The third-order valence-corrected chi connectivity index (χ3v) is 3.60. The first-order valence-electron chi connectivity index (χ1n) is 5.98. The molecule has 0 bridgehead atoms. The highest BCUT2D eigenvalue weighted by atomic mass is 35.5. The lowest BCUT2D eigenvalue weighted by Gasteiger charge is -1.97. The van der Waals surface area contributed by atoms with Gasteiger partial charge in [0.2, 0.25) is 5.89 Å². The predicted molar refractivity (Wildman–Crippen MR) is 76.7 cm³/mol. The highest BCUT2D eigenvalue weighted by Crippen LogP contribution is 2.25. The van der Waals surface area contributed by atoms with Crippen molar-refractivity contribution in [3.63, 3.8) is 0 Å². The summed E-state index contributed by atoms with van der Waals surface area (Å²) in [6.07, 6.45) is 1.09. The lowest BCUT2D eigenvalue weighted by molar-refractivity contribution is -0.140. The van der Waals surface area contributed by atoms with Crippen molar-refractivity contribution in [3.05, 3.63) is 29.3 Å². The summed E-state index contributed by atoms with van der Waals surface area (Å²) in [6.45, 7) is 0. The van der Waals surface area contributed by atoms with Crippen molar-refractivity contribution in [2.24, 2.45) is 0 Å². The van der Waals surface area contributed by atoms with E-state index in [0.717, 1.165) is 5.56 Å². The van der Waals surface area contributed by atoms with Crippen LogP contribution in [0.5, 0.6) is 0 Å². The van der Waals surface area contributed by atoms with Gasteiger partial charge in [0.1, 0.15) is 0 Å². The lowest BCUT2D eigenvalue weighted by Crippen LogP contribution is -1.99. The monoisotopic (exact) mass is 312 g/mol. The van der Waals surface area contributed by atoms with Crippen molar-refractivity contribution < 1.29 is 13.9 Å². The summed E-state index contributed by atoms with van der Waals surface area (Å²) >= 11 is 7.32. The molecule has 1 heterocycles. The Hall–Kier alpha value is -1.53. The normalized spacial score (nSPS) is 10.5. The quantitative estimate of drug-likeness (QED) is 0.462. The largest absolute Gasteiger partial charge is 0.469 e. The third-order valence-electron chi connectivity index (χ3n) is 2.46. The number of carbonyl (C=O) groups is 1. The molecule has 2 aromatic rings. The van der Waals surface area contributed by atoms with E-state index >= 15 is 0 Å². The number of nitrogens with zero attached hydrogens (tertiary/aromatic N) is 2. The van der Waals surface area contributed by atoms with E-state index < -0.39 is 0 Å². The number of halogens is 1. The number of rotatable bonds is 6. The minimum absolute atomic E-state index is 0.212. The summed E-state index contributed by atoms with van der Waals surface area (Å²) in [5.41, 5.74) is 0.784. The number of hydrogen-bond donors (Lipinski definition) is 0. The number of benzene rings is 1. The van der Waals surface area contributed by atoms with Crippen LogP contribution < -0.4 is 0 Å². The number of methoxy groups -OCH3 is 1. The van der Waals surface area contributed by atoms with Crippen LogP contribution in [0.3, 0.4) is 0 Å².